The summed E-state index contributed by atoms with van der Waals surface area (Å²) in [6, 6.07) is 0.862. The van der Waals surface area contributed by atoms with Crippen molar-refractivity contribution in [1.82, 2.24) is 5.32 Å². The standard InChI is InChI=1S/C10H17NO4Si/c1-16(2,3)5-4-15-10(14)7-6-8(12)11-9(7)13/h7H,4-6H2,1-3H3,(H,11,12,13). The molecule has 0 aromatic carbocycles. The predicted molar refractivity (Wildman–Crippen MR) is 60.4 cm³/mol. The van der Waals surface area contributed by atoms with Crippen LogP contribution in [0.25, 0.3) is 0 Å². The van der Waals surface area contributed by atoms with E-state index in [1.165, 1.54) is 0 Å². The Morgan fingerprint density at radius 2 is 2.06 bits per heavy atom. The molecule has 2 amide bonds. The van der Waals surface area contributed by atoms with Gasteiger partial charge in [0, 0.05) is 14.5 Å². The van der Waals surface area contributed by atoms with E-state index in [-0.39, 0.29) is 6.42 Å². The van der Waals surface area contributed by atoms with Crippen molar-refractivity contribution in [2.45, 2.75) is 32.1 Å². The SMILES string of the molecule is C[Si](C)(C)CCOC(=O)C1CC(=O)NC1=O. The molecule has 1 aliphatic heterocycles. The molecule has 1 atom stereocenters. The molecule has 0 saturated carbocycles. The first kappa shape index (κ1) is 12.9. The van der Waals surface area contributed by atoms with Gasteiger partial charge >= 0.3 is 5.97 Å². The van der Waals surface area contributed by atoms with Crippen molar-refractivity contribution in [2.24, 2.45) is 5.92 Å². The maximum atomic E-state index is 11.5. The normalized spacial score (nSPS) is 20.8. The van der Waals surface area contributed by atoms with E-state index in [1.54, 1.807) is 0 Å². The summed E-state index contributed by atoms with van der Waals surface area (Å²) in [5.74, 6) is -2.46. The zero-order valence-corrected chi connectivity index (χ0v) is 10.8. The van der Waals surface area contributed by atoms with Crippen molar-refractivity contribution in [2.75, 3.05) is 6.61 Å². The van der Waals surface area contributed by atoms with Crippen LogP contribution >= 0.6 is 0 Å². The summed E-state index contributed by atoms with van der Waals surface area (Å²) < 4.78 is 5.00. The Balaban J connectivity index is 2.36. The van der Waals surface area contributed by atoms with Crippen molar-refractivity contribution >= 4 is 25.9 Å². The molecule has 16 heavy (non-hydrogen) atoms. The molecule has 6 heteroatoms. The number of rotatable bonds is 4. The Hall–Kier alpha value is -1.17. The molecule has 90 valence electrons. The summed E-state index contributed by atoms with van der Waals surface area (Å²) in [6.45, 7) is 6.86. The highest BCUT2D eigenvalue weighted by Gasteiger charge is 2.37. The monoisotopic (exact) mass is 243 g/mol. The highest BCUT2D eigenvalue weighted by Crippen LogP contribution is 2.14. The van der Waals surface area contributed by atoms with Gasteiger partial charge in [0.05, 0.1) is 6.61 Å². The van der Waals surface area contributed by atoms with Gasteiger partial charge in [0.2, 0.25) is 11.8 Å². The number of carbonyl (C=O) groups is 3. The number of esters is 1. The summed E-state index contributed by atoms with van der Waals surface area (Å²) in [5.41, 5.74) is 0. The van der Waals surface area contributed by atoms with E-state index in [0.717, 1.165) is 6.04 Å². The van der Waals surface area contributed by atoms with Crippen molar-refractivity contribution < 1.29 is 19.1 Å². The summed E-state index contributed by atoms with van der Waals surface area (Å²) in [6.07, 6.45) is -0.0788. The molecule has 0 aromatic rings. The van der Waals surface area contributed by atoms with Gasteiger partial charge in [0.1, 0.15) is 5.92 Å². The quantitative estimate of drug-likeness (QED) is 0.338. The fraction of sp³-hybridized carbons (Fsp3) is 0.700. The maximum absolute atomic E-state index is 11.5. The Morgan fingerprint density at radius 3 is 2.50 bits per heavy atom. The average molecular weight is 243 g/mol. The summed E-state index contributed by atoms with van der Waals surface area (Å²) in [5, 5.41) is 2.08. The summed E-state index contributed by atoms with van der Waals surface area (Å²) in [4.78, 5) is 33.5. The van der Waals surface area contributed by atoms with Gasteiger partial charge in [-0.05, 0) is 6.04 Å². The first-order valence-corrected chi connectivity index (χ1v) is 9.00. The molecule has 0 bridgehead atoms. The number of amides is 2. The third-order valence-electron chi connectivity index (χ3n) is 2.35. The van der Waals surface area contributed by atoms with Crippen molar-refractivity contribution in [3.63, 3.8) is 0 Å². The van der Waals surface area contributed by atoms with Crippen LogP contribution in [0.3, 0.4) is 0 Å². The van der Waals surface area contributed by atoms with Crippen LogP contribution in [0.15, 0.2) is 0 Å². The third kappa shape index (κ3) is 3.77. The van der Waals surface area contributed by atoms with Gasteiger partial charge in [-0.15, -0.1) is 0 Å². The fourth-order valence-corrected chi connectivity index (χ4v) is 2.02. The second-order valence-corrected chi connectivity index (χ2v) is 10.8. The van der Waals surface area contributed by atoms with Crippen molar-refractivity contribution in [1.29, 1.82) is 0 Å². The topological polar surface area (TPSA) is 72.5 Å². The molecular weight excluding hydrogens is 226 g/mol. The van der Waals surface area contributed by atoms with Crippen molar-refractivity contribution in [3.8, 4) is 0 Å². The lowest BCUT2D eigenvalue weighted by Gasteiger charge is -2.15. The third-order valence-corrected chi connectivity index (χ3v) is 4.05. The summed E-state index contributed by atoms with van der Waals surface area (Å²) in [7, 11) is -1.24. The molecule has 1 heterocycles. The van der Waals surface area contributed by atoms with Gasteiger partial charge in [0.25, 0.3) is 0 Å². The zero-order chi connectivity index (χ0) is 12.3. The Morgan fingerprint density at radius 1 is 1.44 bits per heavy atom. The lowest BCUT2D eigenvalue weighted by atomic mass is 10.1. The van der Waals surface area contributed by atoms with Crippen LogP contribution in [-0.4, -0.2) is 32.5 Å². The van der Waals surface area contributed by atoms with E-state index in [2.05, 4.69) is 25.0 Å². The van der Waals surface area contributed by atoms with E-state index in [9.17, 15) is 14.4 Å². The number of carbonyl (C=O) groups excluding carboxylic acids is 3. The van der Waals surface area contributed by atoms with Crippen LogP contribution in [0.1, 0.15) is 6.42 Å². The minimum Gasteiger partial charge on any atom is -0.465 e. The Labute approximate surface area is 95.5 Å². The number of nitrogens with one attached hydrogen (secondary N) is 1. The van der Waals surface area contributed by atoms with E-state index in [0.29, 0.717) is 6.61 Å². The average Bonchev–Trinajstić information content (AvgIpc) is 2.43. The van der Waals surface area contributed by atoms with Crippen LogP contribution in [0.4, 0.5) is 0 Å². The second kappa shape index (κ2) is 4.78. The van der Waals surface area contributed by atoms with Gasteiger partial charge < -0.3 is 4.74 Å². The minimum absolute atomic E-state index is 0.0788. The maximum Gasteiger partial charge on any atom is 0.319 e. The number of ether oxygens (including phenoxy) is 1. The molecule has 1 aliphatic rings. The van der Waals surface area contributed by atoms with Crippen LogP contribution in [0, 0.1) is 5.92 Å². The van der Waals surface area contributed by atoms with E-state index < -0.39 is 31.8 Å². The Kier molecular flexibility index (Phi) is 3.85. The molecule has 0 radical (unpaired) electrons. The molecule has 1 N–H and O–H groups in total. The van der Waals surface area contributed by atoms with Gasteiger partial charge in [-0.1, -0.05) is 19.6 Å². The highest BCUT2D eigenvalue weighted by molar-refractivity contribution is 6.76. The first-order chi connectivity index (χ1) is 7.29. The van der Waals surface area contributed by atoms with Crippen molar-refractivity contribution in [3.05, 3.63) is 0 Å². The summed E-state index contributed by atoms with van der Waals surface area (Å²) >= 11 is 0. The molecular formula is C10H17NO4Si. The van der Waals surface area contributed by atoms with Gasteiger partial charge in [-0.25, -0.2) is 0 Å². The molecule has 0 spiro atoms. The smallest absolute Gasteiger partial charge is 0.319 e. The molecule has 0 aliphatic carbocycles. The van der Waals surface area contributed by atoms with E-state index in [4.69, 9.17) is 4.74 Å². The number of hydrogen-bond donors (Lipinski definition) is 1. The second-order valence-electron chi connectivity index (χ2n) is 5.15. The Bertz CT molecular complexity index is 321. The fourth-order valence-electron chi connectivity index (χ4n) is 1.30. The molecule has 1 fully saturated rings. The number of imide groups is 1. The lowest BCUT2D eigenvalue weighted by Crippen LogP contribution is -2.29. The molecule has 1 rings (SSSR count). The largest absolute Gasteiger partial charge is 0.465 e. The number of hydrogen-bond acceptors (Lipinski definition) is 4. The van der Waals surface area contributed by atoms with Crippen LogP contribution in [0.2, 0.25) is 25.7 Å². The van der Waals surface area contributed by atoms with Gasteiger partial charge in [-0.3, -0.25) is 19.7 Å². The van der Waals surface area contributed by atoms with Crippen LogP contribution in [0.5, 0.6) is 0 Å². The van der Waals surface area contributed by atoms with Gasteiger partial charge in [0.15, 0.2) is 0 Å². The van der Waals surface area contributed by atoms with E-state index in [1.807, 2.05) is 0 Å². The zero-order valence-electron chi connectivity index (χ0n) is 9.83. The first-order valence-electron chi connectivity index (χ1n) is 5.30. The highest BCUT2D eigenvalue weighted by atomic mass is 28.3. The minimum atomic E-state index is -1.24. The van der Waals surface area contributed by atoms with Crippen LogP contribution in [-0.2, 0) is 19.1 Å². The van der Waals surface area contributed by atoms with Crippen LogP contribution < -0.4 is 5.32 Å². The van der Waals surface area contributed by atoms with E-state index >= 15 is 0 Å². The molecule has 5 nitrogen and oxygen atoms in total. The van der Waals surface area contributed by atoms with Gasteiger partial charge in [-0.2, -0.15) is 0 Å². The molecule has 1 saturated heterocycles. The lowest BCUT2D eigenvalue weighted by molar-refractivity contribution is -0.150. The molecule has 1 unspecified atom stereocenters. The predicted octanol–water partition coefficient (Wildman–Crippen LogP) is 0.530. The molecule has 0 aromatic heterocycles.